The molecule has 0 fully saturated rings. The highest BCUT2D eigenvalue weighted by atomic mass is 35.5. The first kappa shape index (κ1) is 19.3. The van der Waals surface area contributed by atoms with E-state index < -0.39 is 5.54 Å². The van der Waals surface area contributed by atoms with Gasteiger partial charge < -0.3 is 10.5 Å². The second kappa shape index (κ2) is 8.24. The van der Waals surface area contributed by atoms with Gasteiger partial charge in [0.2, 0.25) is 11.0 Å². The highest BCUT2D eigenvalue weighted by molar-refractivity contribution is 7.10. The quantitative estimate of drug-likeness (QED) is 0.830. The molecule has 8 heteroatoms. The van der Waals surface area contributed by atoms with Crippen molar-refractivity contribution in [3.05, 3.63) is 24.3 Å². The molecule has 126 valence electrons. The minimum absolute atomic E-state index is 0. The number of aromatic nitrogens is 2. The number of anilines is 1. The van der Waals surface area contributed by atoms with Crippen LogP contribution in [0.1, 0.15) is 26.7 Å². The van der Waals surface area contributed by atoms with E-state index in [2.05, 4.69) is 14.7 Å². The normalized spacial score (nSPS) is 12.9. The SMILES string of the molecule is CCCC(C)(N)C(=O)Nc1nc(-c2cccc(OC)c2)ns1.Cl. The molecule has 0 saturated heterocycles. The zero-order valence-electron chi connectivity index (χ0n) is 13.3. The highest BCUT2D eigenvalue weighted by Crippen LogP contribution is 2.25. The Kier molecular flexibility index (Phi) is 6.93. The number of hydrogen-bond acceptors (Lipinski definition) is 6. The molecule has 0 radical (unpaired) electrons. The Bertz CT molecular complexity index is 660. The maximum absolute atomic E-state index is 12.2. The summed E-state index contributed by atoms with van der Waals surface area (Å²) < 4.78 is 9.44. The molecule has 0 aliphatic rings. The summed E-state index contributed by atoms with van der Waals surface area (Å²) in [4.78, 5) is 16.5. The molecule has 1 aromatic carbocycles. The smallest absolute Gasteiger partial charge is 0.245 e. The van der Waals surface area contributed by atoms with Crippen LogP contribution in [-0.2, 0) is 4.79 Å². The van der Waals surface area contributed by atoms with Crippen molar-refractivity contribution in [1.29, 1.82) is 0 Å². The third-order valence-electron chi connectivity index (χ3n) is 3.26. The van der Waals surface area contributed by atoms with Gasteiger partial charge >= 0.3 is 0 Å². The summed E-state index contributed by atoms with van der Waals surface area (Å²) in [5, 5.41) is 3.18. The van der Waals surface area contributed by atoms with E-state index in [1.807, 2.05) is 31.2 Å². The number of methoxy groups -OCH3 is 1. The number of hydrogen-bond donors (Lipinski definition) is 2. The number of nitrogens with two attached hydrogens (primary N) is 1. The summed E-state index contributed by atoms with van der Waals surface area (Å²) in [5.41, 5.74) is 5.93. The Hall–Kier alpha value is -1.70. The van der Waals surface area contributed by atoms with E-state index >= 15 is 0 Å². The molecule has 2 rings (SSSR count). The minimum atomic E-state index is -0.906. The van der Waals surface area contributed by atoms with Crippen LogP contribution in [0, 0.1) is 0 Å². The Morgan fingerprint density at radius 2 is 2.22 bits per heavy atom. The molecule has 2 aromatic rings. The van der Waals surface area contributed by atoms with Gasteiger partial charge in [0, 0.05) is 17.1 Å². The van der Waals surface area contributed by atoms with E-state index in [0.29, 0.717) is 17.4 Å². The summed E-state index contributed by atoms with van der Waals surface area (Å²) in [7, 11) is 1.61. The van der Waals surface area contributed by atoms with Crippen molar-refractivity contribution in [2.75, 3.05) is 12.4 Å². The molecule has 0 bridgehead atoms. The van der Waals surface area contributed by atoms with Crippen LogP contribution >= 0.6 is 23.9 Å². The molecule has 1 amide bonds. The lowest BCUT2D eigenvalue weighted by atomic mass is 9.97. The standard InChI is InChI=1S/C15H20N4O2S.ClH/c1-4-8-15(2,16)13(20)18-14-17-12(19-22-14)10-6-5-7-11(9-10)21-3;/h5-7,9H,4,8,16H2,1-3H3,(H,17,18,19,20);1H. The van der Waals surface area contributed by atoms with E-state index in [1.165, 1.54) is 0 Å². The average Bonchev–Trinajstić information content (AvgIpc) is 2.96. The number of carbonyl (C=O) groups is 1. The largest absolute Gasteiger partial charge is 0.497 e. The molecular weight excluding hydrogens is 336 g/mol. The average molecular weight is 357 g/mol. The van der Waals surface area contributed by atoms with Crippen molar-refractivity contribution in [2.24, 2.45) is 5.73 Å². The predicted octanol–water partition coefficient (Wildman–Crippen LogP) is 3.09. The molecule has 1 unspecified atom stereocenters. The van der Waals surface area contributed by atoms with Crippen LogP contribution in [0.15, 0.2) is 24.3 Å². The fraction of sp³-hybridized carbons (Fsp3) is 0.400. The third-order valence-corrected chi connectivity index (χ3v) is 3.89. The molecule has 1 heterocycles. The van der Waals surface area contributed by atoms with Gasteiger partial charge in [0.15, 0.2) is 5.82 Å². The number of carbonyl (C=O) groups excluding carboxylic acids is 1. The van der Waals surface area contributed by atoms with Gasteiger partial charge in [-0.3, -0.25) is 10.1 Å². The fourth-order valence-electron chi connectivity index (χ4n) is 2.03. The first-order chi connectivity index (χ1) is 10.5. The van der Waals surface area contributed by atoms with E-state index in [0.717, 1.165) is 29.3 Å². The second-order valence-electron chi connectivity index (χ2n) is 5.28. The van der Waals surface area contributed by atoms with Crippen molar-refractivity contribution >= 4 is 35.0 Å². The van der Waals surface area contributed by atoms with Gasteiger partial charge in [-0.2, -0.15) is 9.36 Å². The lowest BCUT2D eigenvalue weighted by molar-refractivity contribution is -0.120. The second-order valence-corrected chi connectivity index (χ2v) is 6.03. The molecule has 0 saturated carbocycles. The first-order valence-electron chi connectivity index (χ1n) is 7.04. The van der Waals surface area contributed by atoms with Crippen LogP contribution in [0.25, 0.3) is 11.4 Å². The van der Waals surface area contributed by atoms with Crippen molar-refractivity contribution in [2.45, 2.75) is 32.2 Å². The number of rotatable bonds is 6. The summed E-state index contributed by atoms with van der Waals surface area (Å²) in [5.74, 6) is 1.03. The van der Waals surface area contributed by atoms with E-state index in [1.54, 1.807) is 14.0 Å². The summed E-state index contributed by atoms with van der Waals surface area (Å²) in [6.07, 6.45) is 1.45. The van der Waals surface area contributed by atoms with Crippen LogP contribution in [-0.4, -0.2) is 27.9 Å². The summed E-state index contributed by atoms with van der Waals surface area (Å²) in [6.45, 7) is 3.71. The van der Waals surface area contributed by atoms with E-state index in [4.69, 9.17) is 10.5 Å². The Labute approximate surface area is 146 Å². The summed E-state index contributed by atoms with van der Waals surface area (Å²) in [6, 6.07) is 7.45. The van der Waals surface area contributed by atoms with E-state index in [-0.39, 0.29) is 18.3 Å². The van der Waals surface area contributed by atoms with Gasteiger partial charge in [-0.05, 0) is 25.5 Å². The number of nitrogens with zero attached hydrogens (tertiary/aromatic N) is 2. The van der Waals surface area contributed by atoms with Gasteiger partial charge in [0.05, 0.1) is 12.6 Å². The number of benzene rings is 1. The lowest BCUT2D eigenvalue weighted by Gasteiger charge is -2.21. The molecular formula is C15H21ClN4O2S. The lowest BCUT2D eigenvalue weighted by Crippen LogP contribution is -2.48. The van der Waals surface area contributed by atoms with Crippen molar-refractivity contribution in [3.63, 3.8) is 0 Å². The Balaban J connectivity index is 0.00000264. The van der Waals surface area contributed by atoms with E-state index in [9.17, 15) is 4.79 Å². The van der Waals surface area contributed by atoms with Gasteiger partial charge in [-0.25, -0.2) is 0 Å². The fourth-order valence-corrected chi connectivity index (χ4v) is 2.61. The number of halogens is 1. The molecule has 1 atom stereocenters. The van der Waals surface area contributed by atoms with Crippen molar-refractivity contribution in [3.8, 4) is 17.1 Å². The minimum Gasteiger partial charge on any atom is -0.497 e. The Morgan fingerprint density at radius 1 is 1.48 bits per heavy atom. The number of ether oxygens (including phenoxy) is 1. The zero-order chi connectivity index (χ0) is 16.2. The Morgan fingerprint density at radius 3 is 2.87 bits per heavy atom. The maximum Gasteiger partial charge on any atom is 0.245 e. The van der Waals surface area contributed by atoms with Crippen LogP contribution in [0.5, 0.6) is 5.75 Å². The van der Waals surface area contributed by atoms with Gasteiger partial charge in [-0.15, -0.1) is 12.4 Å². The van der Waals surface area contributed by atoms with Crippen LogP contribution in [0.3, 0.4) is 0 Å². The molecule has 0 spiro atoms. The number of nitrogens with one attached hydrogen (secondary N) is 1. The molecule has 3 N–H and O–H groups in total. The topological polar surface area (TPSA) is 90.1 Å². The van der Waals surface area contributed by atoms with Crippen LogP contribution in [0.4, 0.5) is 5.13 Å². The van der Waals surface area contributed by atoms with Gasteiger partial charge in [0.1, 0.15) is 5.75 Å². The molecule has 1 aromatic heterocycles. The molecule has 23 heavy (non-hydrogen) atoms. The summed E-state index contributed by atoms with van der Waals surface area (Å²) >= 11 is 1.13. The molecule has 6 nitrogen and oxygen atoms in total. The first-order valence-corrected chi connectivity index (χ1v) is 7.82. The monoisotopic (exact) mass is 356 g/mol. The third kappa shape index (κ3) is 4.89. The van der Waals surface area contributed by atoms with Gasteiger partial charge in [-0.1, -0.05) is 25.5 Å². The number of amides is 1. The molecule has 0 aliphatic carbocycles. The van der Waals surface area contributed by atoms with Crippen LogP contribution in [0.2, 0.25) is 0 Å². The highest BCUT2D eigenvalue weighted by Gasteiger charge is 2.28. The predicted molar refractivity (Wildman–Crippen MR) is 95.3 cm³/mol. The molecule has 0 aliphatic heterocycles. The zero-order valence-corrected chi connectivity index (χ0v) is 15.0. The van der Waals surface area contributed by atoms with Gasteiger partial charge in [0.25, 0.3) is 0 Å². The van der Waals surface area contributed by atoms with Crippen molar-refractivity contribution in [1.82, 2.24) is 9.36 Å². The maximum atomic E-state index is 12.2. The van der Waals surface area contributed by atoms with Crippen LogP contribution < -0.4 is 15.8 Å². The van der Waals surface area contributed by atoms with Crippen molar-refractivity contribution < 1.29 is 9.53 Å².